The molecule has 2 aliphatic rings. The number of likely N-dealkylation sites (tertiary alicyclic amines) is 1. The number of nitrogens with one attached hydrogen (secondary N) is 1. The van der Waals surface area contributed by atoms with Gasteiger partial charge in [-0.25, -0.2) is 4.39 Å². The van der Waals surface area contributed by atoms with Crippen molar-refractivity contribution in [2.75, 3.05) is 11.9 Å². The molecule has 1 aliphatic carbocycles. The minimum absolute atomic E-state index is 0.0251. The number of fused-ring (bicyclic) bond motifs is 1. The standard InChI is InChI=1S/C17H18ClFN2O3/c18-10-5-6-14(13(19)9-10)20-15(22)7-8-21-16(23)11-3-1-2-4-12(11)17(21)24/h5-6,9,11-12H,1-4,7-8H2,(H,20,22). The molecule has 1 saturated carbocycles. The van der Waals surface area contributed by atoms with Crippen LogP contribution in [0.25, 0.3) is 0 Å². The summed E-state index contributed by atoms with van der Waals surface area (Å²) in [6, 6.07) is 3.95. The van der Waals surface area contributed by atoms with Gasteiger partial charge in [0.25, 0.3) is 0 Å². The highest BCUT2D eigenvalue weighted by Crippen LogP contribution is 2.38. The van der Waals surface area contributed by atoms with Gasteiger partial charge in [-0.15, -0.1) is 0 Å². The van der Waals surface area contributed by atoms with E-state index < -0.39 is 11.7 Å². The highest BCUT2D eigenvalue weighted by atomic mass is 35.5. The molecule has 2 unspecified atom stereocenters. The lowest BCUT2D eigenvalue weighted by Crippen LogP contribution is -2.34. The van der Waals surface area contributed by atoms with Gasteiger partial charge >= 0.3 is 0 Å². The lowest BCUT2D eigenvalue weighted by Gasteiger charge is -2.19. The van der Waals surface area contributed by atoms with E-state index >= 15 is 0 Å². The van der Waals surface area contributed by atoms with Gasteiger partial charge < -0.3 is 5.32 Å². The van der Waals surface area contributed by atoms with Crippen LogP contribution >= 0.6 is 11.6 Å². The second kappa shape index (κ2) is 6.89. The molecule has 0 radical (unpaired) electrons. The second-order valence-corrected chi connectivity index (χ2v) is 6.68. The van der Waals surface area contributed by atoms with Crippen LogP contribution < -0.4 is 5.32 Å². The van der Waals surface area contributed by atoms with E-state index in [4.69, 9.17) is 11.6 Å². The molecule has 0 bridgehead atoms. The van der Waals surface area contributed by atoms with Crippen molar-refractivity contribution in [1.82, 2.24) is 4.90 Å². The predicted octanol–water partition coefficient (Wildman–Crippen LogP) is 2.98. The first-order valence-electron chi connectivity index (χ1n) is 8.07. The van der Waals surface area contributed by atoms with E-state index in [1.54, 1.807) is 0 Å². The molecular formula is C17H18ClFN2O3. The number of carbonyl (C=O) groups is 3. The van der Waals surface area contributed by atoms with Crippen molar-refractivity contribution in [2.45, 2.75) is 32.1 Å². The zero-order chi connectivity index (χ0) is 17.3. The molecule has 3 amide bonds. The van der Waals surface area contributed by atoms with Crippen LogP contribution in [0, 0.1) is 17.7 Å². The highest BCUT2D eigenvalue weighted by Gasteiger charge is 2.47. The number of imide groups is 1. The maximum Gasteiger partial charge on any atom is 0.233 e. The SMILES string of the molecule is O=C(CCN1C(=O)C2CCCCC2C1=O)Nc1ccc(Cl)cc1F. The molecule has 7 heteroatoms. The summed E-state index contributed by atoms with van der Waals surface area (Å²) >= 11 is 5.66. The normalized spacial score (nSPS) is 23.3. The minimum atomic E-state index is -0.629. The van der Waals surface area contributed by atoms with Gasteiger partial charge in [0.15, 0.2) is 0 Å². The van der Waals surface area contributed by atoms with E-state index in [0.29, 0.717) is 0 Å². The Morgan fingerprint density at radius 3 is 2.42 bits per heavy atom. The fourth-order valence-electron chi connectivity index (χ4n) is 3.47. The summed E-state index contributed by atoms with van der Waals surface area (Å²) in [7, 11) is 0. The topological polar surface area (TPSA) is 66.5 Å². The van der Waals surface area contributed by atoms with Crippen LogP contribution in [0.3, 0.4) is 0 Å². The summed E-state index contributed by atoms with van der Waals surface area (Å²) in [6.45, 7) is 0.0334. The van der Waals surface area contributed by atoms with Gasteiger partial charge in [-0.05, 0) is 31.0 Å². The molecule has 128 valence electrons. The van der Waals surface area contributed by atoms with Crippen LogP contribution in [0.5, 0.6) is 0 Å². The molecule has 1 heterocycles. The van der Waals surface area contributed by atoms with Crippen molar-refractivity contribution < 1.29 is 18.8 Å². The summed E-state index contributed by atoms with van der Waals surface area (Å²) in [5.74, 6) is -1.86. The zero-order valence-electron chi connectivity index (χ0n) is 13.1. The molecule has 1 N–H and O–H groups in total. The number of halogens is 2. The number of amides is 3. The van der Waals surface area contributed by atoms with E-state index in [1.165, 1.54) is 17.0 Å². The van der Waals surface area contributed by atoms with Crippen LogP contribution in [-0.2, 0) is 14.4 Å². The monoisotopic (exact) mass is 352 g/mol. The minimum Gasteiger partial charge on any atom is -0.324 e. The lowest BCUT2D eigenvalue weighted by molar-refractivity contribution is -0.140. The second-order valence-electron chi connectivity index (χ2n) is 6.25. The predicted molar refractivity (Wildman–Crippen MR) is 86.8 cm³/mol. The van der Waals surface area contributed by atoms with Gasteiger partial charge in [0.05, 0.1) is 17.5 Å². The van der Waals surface area contributed by atoms with Crippen molar-refractivity contribution in [3.63, 3.8) is 0 Å². The average molecular weight is 353 g/mol. The highest BCUT2D eigenvalue weighted by molar-refractivity contribution is 6.30. The number of hydrogen-bond donors (Lipinski definition) is 1. The Balaban J connectivity index is 1.58. The average Bonchev–Trinajstić information content (AvgIpc) is 2.80. The number of hydrogen-bond acceptors (Lipinski definition) is 3. The van der Waals surface area contributed by atoms with E-state index in [0.717, 1.165) is 31.7 Å². The van der Waals surface area contributed by atoms with E-state index in [2.05, 4.69) is 5.32 Å². The Kier molecular flexibility index (Phi) is 4.85. The molecule has 2 fully saturated rings. The van der Waals surface area contributed by atoms with Gasteiger partial charge in [0, 0.05) is 18.0 Å². The van der Waals surface area contributed by atoms with Crippen molar-refractivity contribution in [3.8, 4) is 0 Å². The molecule has 1 aromatic carbocycles. The Morgan fingerprint density at radius 1 is 1.21 bits per heavy atom. The first-order valence-corrected chi connectivity index (χ1v) is 8.45. The van der Waals surface area contributed by atoms with Gasteiger partial charge in [0.2, 0.25) is 17.7 Å². The van der Waals surface area contributed by atoms with Crippen LogP contribution in [0.2, 0.25) is 5.02 Å². The Hall–Kier alpha value is -1.95. The molecular weight excluding hydrogens is 335 g/mol. The summed E-state index contributed by atoms with van der Waals surface area (Å²) in [5, 5.41) is 2.67. The van der Waals surface area contributed by atoms with Crippen molar-refractivity contribution in [2.24, 2.45) is 11.8 Å². The van der Waals surface area contributed by atoms with Crippen LogP contribution in [0.4, 0.5) is 10.1 Å². The quantitative estimate of drug-likeness (QED) is 0.847. The maximum absolute atomic E-state index is 13.7. The van der Waals surface area contributed by atoms with Gasteiger partial charge in [-0.3, -0.25) is 19.3 Å². The van der Waals surface area contributed by atoms with Crippen LogP contribution in [0.1, 0.15) is 32.1 Å². The molecule has 3 rings (SSSR count). The summed E-state index contributed by atoms with van der Waals surface area (Å²) in [6.07, 6.45) is 3.36. The molecule has 2 atom stereocenters. The summed E-state index contributed by atoms with van der Waals surface area (Å²) in [4.78, 5) is 37.8. The third-order valence-electron chi connectivity index (χ3n) is 4.70. The number of benzene rings is 1. The molecule has 1 saturated heterocycles. The molecule has 0 spiro atoms. The van der Waals surface area contributed by atoms with Crippen molar-refractivity contribution in [3.05, 3.63) is 29.0 Å². The number of carbonyl (C=O) groups excluding carboxylic acids is 3. The molecule has 24 heavy (non-hydrogen) atoms. The van der Waals surface area contributed by atoms with Gasteiger partial charge in [-0.2, -0.15) is 0 Å². The fourth-order valence-corrected chi connectivity index (χ4v) is 3.63. The Bertz CT molecular complexity index is 670. The summed E-state index contributed by atoms with van der Waals surface area (Å²) < 4.78 is 13.7. The first kappa shape index (κ1) is 16.9. The van der Waals surface area contributed by atoms with Crippen molar-refractivity contribution >= 4 is 35.0 Å². The third kappa shape index (κ3) is 3.29. The third-order valence-corrected chi connectivity index (χ3v) is 4.94. The fraction of sp³-hybridized carbons (Fsp3) is 0.471. The van der Waals surface area contributed by atoms with E-state index in [-0.39, 0.29) is 47.3 Å². The van der Waals surface area contributed by atoms with Crippen LogP contribution in [0.15, 0.2) is 18.2 Å². The lowest BCUT2D eigenvalue weighted by atomic mass is 9.81. The molecule has 1 aliphatic heterocycles. The number of rotatable bonds is 4. The number of nitrogens with zero attached hydrogens (tertiary/aromatic N) is 1. The molecule has 0 aromatic heterocycles. The molecule has 1 aromatic rings. The van der Waals surface area contributed by atoms with Gasteiger partial charge in [0.1, 0.15) is 5.82 Å². The smallest absolute Gasteiger partial charge is 0.233 e. The first-order chi connectivity index (χ1) is 11.5. The zero-order valence-corrected chi connectivity index (χ0v) is 13.8. The van der Waals surface area contributed by atoms with Gasteiger partial charge in [-0.1, -0.05) is 24.4 Å². The Morgan fingerprint density at radius 2 is 1.83 bits per heavy atom. The van der Waals surface area contributed by atoms with E-state index in [9.17, 15) is 18.8 Å². The summed E-state index contributed by atoms with van der Waals surface area (Å²) in [5.41, 5.74) is 0.0251. The molecule has 5 nitrogen and oxygen atoms in total. The largest absolute Gasteiger partial charge is 0.324 e. The van der Waals surface area contributed by atoms with Crippen molar-refractivity contribution in [1.29, 1.82) is 0 Å². The Labute approximate surface area is 144 Å². The van der Waals surface area contributed by atoms with Crippen LogP contribution in [-0.4, -0.2) is 29.2 Å². The van der Waals surface area contributed by atoms with E-state index in [1.807, 2.05) is 0 Å². The maximum atomic E-state index is 13.7. The number of anilines is 1.